The Kier molecular flexibility index (Phi) is 7.19. The van der Waals surface area contributed by atoms with Crippen molar-refractivity contribution in [3.63, 3.8) is 0 Å². The third-order valence-corrected chi connectivity index (χ3v) is 5.46. The van der Waals surface area contributed by atoms with Crippen molar-refractivity contribution in [3.05, 3.63) is 58.6 Å². The molecule has 0 bridgehead atoms. The van der Waals surface area contributed by atoms with E-state index in [4.69, 9.17) is 5.11 Å². The first kappa shape index (κ1) is 22.2. The average molecular weight is 440 g/mol. The number of nitrogens with one attached hydrogen (secondary N) is 3. The van der Waals surface area contributed by atoms with Gasteiger partial charge in [0.2, 0.25) is 5.96 Å². The molecule has 0 spiro atoms. The molecular weight excluding hydrogens is 414 g/mol. The summed E-state index contributed by atoms with van der Waals surface area (Å²) in [5.74, 6) is -1.40. The SMILES string of the molecule is Cc1ccc(CN/C(=N/c2ccc3nc(C)sc3c2)NC(=O)NC[C@H](C)C(=O)O)cc1. The zero-order chi connectivity index (χ0) is 22.4. The highest BCUT2D eigenvalue weighted by atomic mass is 32.1. The molecule has 4 N–H and O–H groups in total. The summed E-state index contributed by atoms with van der Waals surface area (Å²) in [4.78, 5) is 32.2. The summed E-state index contributed by atoms with van der Waals surface area (Å²) >= 11 is 1.58. The van der Waals surface area contributed by atoms with E-state index in [1.807, 2.05) is 56.3 Å². The fourth-order valence-electron chi connectivity index (χ4n) is 2.72. The summed E-state index contributed by atoms with van der Waals surface area (Å²) in [5.41, 5.74) is 3.77. The van der Waals surface area contributed by atoms with Crippen molar-refractivity contribution >= 4 is 45.2 Å². The monoisotopic (exact) mass is 439 g/mol. The van der Waals surface area contributed by atoms with E-state index in [-0.39, 0.29) is 12.5 Å². The summed E-state index contributed by atoms with van der Waals surface area (Å²) in [5, 5.41) is 18.3. The minimum atomic E-state index is -0.972. The molecule has 8 nitrogen and oxygen atoms in total. The number of urea groups is 1. The van der Waals surface area contributed by atoms with E-state index in [0.717, 1.165) is 26.4 Å². The lowest BCUT2D eigenvalue weighted by Gasteiger charge is -2.14. The van der Waals surface area contributed by atoms with Gasteiger partial charge >= 0.3 is 12.0 Å². The zero-order valence-corrected chi connectivity index (χ0v) is 18.4. The summed E-state index contributed by atoms with van der Waals surface area (Å²) in [6, 6.07) is 13.1. The second-order valence-corrected chi connectivity index (χ2v) is 8.49. The highest BCUT2D eigenvalue weighted by molar-refractivity contribution is 7.18. The van der Waals surface area contributed by atoms with E-state index in [1.54, 1.807) is 11.3 Å². The number of benzene rings is 2. The summed E-state index contributed by atoms with van der Waals surface area (Å²) in [6.45, 7) is 5.97. The Morgan fingerprint density at radius 1 is 1.13 bits per heavy atom. The van der Waals surface area contributed by atoms with Crippen molar-refractivity contribution in [2.24, 2.45) is 10.9 Å². The minimum absolute atomic E-state index is 0.0124. The molecule has 0 aliphatic heterocycles. The van der Waals surface area contributed by atoms with Crippen molar-refractivity contribution in [3.8, 4) is 0 Å². The normalized spacial score (nSPS) is 12.4. The van der Waals surface area contributed by atoms with Gasteiger partial charge in [-0.3, -0.25) is 10.1 Å². The van der Waals surface area contributed by atoms with Gasteiger partial charge in [0, 0.05) is 13.1 Å². The largest absolute Gasteiger partial charge is 0.481 e. The number of rotatable bonds is 6. The molecule has 2 amide bonds. The van der Waals surface area contributed by atoms with Gasteiger partial charge in [-0.2, -0.15) is 0 Å². The number of thiazole rings is 1. The van der Waals surface area contributed by atoms with Crippen LogP contribution in [0.4, 0.5) is 10.5 Å². The van der Waals surface area contributed by atoms with E-state index in [2.05, 4.69) is 25.9 Å². The third-order valence-electron chi connectivity index (χ3n) is 4.52. The number of hydrogen-bond donors (Lipinski definition) is 4. The van der Waals surface area contributed by atoms with Crippen molar-refractivity contribution in [1.82, 2.24) is 20.9 Å². The number of aliphatic imine (C=N–C) groups is 1. The van der Waals surface area contributed by atoms with Crippen molar-refractivity contribution in [2.75, 3.05) is 6.54 Å². The van der Waals surface area contributed by atoms with Gasteiger partial charge in [0.1, 0.15) is 0 Å². The van der Waals surface area contributed by atoms with Crippen LogP contribution in [0.25, 0.3) is 10.2 Å². The lowest BCUT2D eigenvalue weighted by atomic mass is 10.1. The Morgan fingerprint density at radius 2 is 1.87 bits per heavy atom. The molecule has 1 heterocycles. The van der Waals surface area contributed by atoms with Crippen LogP contribution in [0.1, 0.15) is 23.1 Å². The number of carboxylic acid groups (broad SMARTS) is 1. The molecule has 1 atom stereocenters. The van der Waals surface area contributed by atoms with Gasteiger partial charge in [0.05, 0.1) is 26.8 Å². The molecule has 2 aromatic carbocycles. The molecule has 3 rings (SSSR count). The van der Waals surface area contributed by atoms with Gasteiger partial charge in [0.25, 0.3) is 0 Å². The molecule has 31 heavy (non-hydrogen) atoms. The third kappa shape index (κ3) is 6.51. The molecule has 0 unspecified atom stereocenters. The van der Waals surface area contributed by atoms with Crippen LogP contribution >= 0.6 is 11.3 Å². The van der Waals surface area contributed by atoms with Crippen LogP contribution in [0, 0.1) is 19.8 Å². The van der Waals surface area contributed by atoms with Crippen LogP contribution in [-0.2, 0) is 11.3 Å². The van der Waals surface area contributed by atoms with Crippen molar-refractivity contribution < 1.29 is 14.7 Å². The number of fused-ring (bicyclic) bond motifs is 1. The summed E-state index contributed by atoms with van der Waals surface area (Å²) in [7, 11) is 0. The molecule has 0 fully saturated rings. The van der Waals surface area contributed by atoms with Gasteiger partial charge < -0.3 is 15.7 Å². The Balaban J connectivity index is 1.76. The molecule has 3 aromatic rings. The number of hydrogen-bond acceptors (Lipinski definition) is 5. The van der Waals surface area contributed by atoms with Gasteiger partial charge in [-0.25, -0.2) is 14.8 Å². The predicted molar refractivity (Wildman–Crippen MR) is 123 cm³/mol. The first-order valence-corrected chi connectivity index (χ1v) is 10.6. The minimum Gasteiger partial charge on any atom is -0.481 e. The topological polar surface area (TPSA) is 116 Å². The molecule has 0 saturated heterocycles. The predicted octanol–water partition coefficient (Wildman–Crippen LogP) is 3.71. The highest BCUT2D eigenvalue weighted by Gasteiger charge is 2.13. The molecule has 0 aliphatic carbocycles. The first-order valence-electron chi connectivity index (χ1n) is 9.83. The lowest BCUT2D eigenvalue weighted by Crippen LogP contribution is -2.47. The number of carbonyl (C=O) groups is 2. The van der Waals surface area contributed by atoms with Crippen LogP contribution < -0.4 is 16.0 Å². The molecule has 0 radical (unpaired) electrons. The molecule has 162 valence electrons. The van der Waals surface area contributed by atoms with Crippen molar-refractivity contribution in [2.45, 2.75) is 27.3 Å². The Morgan fingerprint density at radius 3 is 2.58 bits per heavy atom. The maximum Gasteiger partial charge on any atom is 0.321 e. The molecule has 0 saturated carbocycles. The molecule has 0 aliphatic rings. The molecule has 1 aromatic heterocycles. The number of aliphatic carboxylic acids is 1. The van der Waals surface area contributed by atoms with Gasteiger partial charge in [-0.05, 0) is 37.6 Å². The Labute approximate surface area is 184 Å². The van der Waals surface area contributed by atoms with Gasteiger partial charge in [-0.15, -0.1) is 11.3 Å². The zero-order valence-electron chi connectivity index (χ0n) is 17.6. The Bertz CT molecular complexity index is 1110. The highest BCUT2D eigenvalue weighted by Crippen LogP contribution is 2.26. The fourth-order valence-corrected chi connectivity index (χ4v) is 3.58. The average Bonchev–Trinajstić information content (AvgIpc) is 3.10. The number of carboxylic acids is 1. The van der Waals surface area contributed by atoms with Crippen LogP contribution in [-0.4, -0.2) is 34.6 Å². The van der Waals surface area contributed by atoms with Crippen molar-refractivity contribution in [1.29, 1.82) is 0 Å². The quantitative estimate of drug-likeness (QED) is 0.345. The summed E-state index contributed by atoms with van der Waals surface area (Å²) < 4.78 is 1.01. The summed E-state index contributed by atoms with van der Waals surface area (Å²) in [6.07, 6.45) is 0. The smallest absolute Gasteiger partial charge is 0.321 e. The maximum absolute atomic E-state index is 12.3. The molecule has 9 heteroatoms. The van der Waals surface area contributed by atoms with Gasteiger partial charge in [0.15, 0.2) is 0 Å². The standard InChI is InChI=1S/C22H25N5O3S/c1-13-4-6-16(7-5-13)12-23-21(27-22(30)24-11-14(2)20(28)29)26-17-8-9-18-19(10-17)31-15(3)25-18/h4-10,14H,11-12H2,1-3H3,(H,28,29)(H3,23,24,26,27,30)/t14-/m0/s1. The number of carbonyl (C=O) groups excluding carboxylic acids is 1. The fraction of sp³-hybridized carbons (Fsp3) is 0.273. The van der Waals surface area contributed by atoms with Crippen LogP contribution in [0.3, 0.4) is 0 Å². The first-order chi connectivity index (χ1) is 14.8. The van der Waals surface area contributed by atoms with Crippen LogP contribution in [0.15, 0.2) is 47.5 Å². The van der Waals surface area contributed by atoms with E-state index in [0.29, 0.717) is 12.2 Å². The number of aromatic nitrogens is 1. The Hall–Kier alpha value is -3.46. The molecular formula is C22H25N5O3S. The van der Waals surface area contributed by atoms with E-state index >= 15 is 0 Å². The van der Waals surface area contributed by atoms with Crippen LogP contribution in [0.2, 0.25) is 0 Å². The second-order valence-electron chi connectivity index (χ2n) is 7.26. The van der Waals surface area contributed by atoms with E-state index < -0.39 is 17.9 Å². The van der Waals surface area contributed by atoms with E-state index in [1.165, 1.54) is 6.92 Å². The number of nitrogens with zero attached hydrogens (tertiary/aromatic N) is 2. The van der Waals surface area contributed by atoms with E-state index in [9.17, 15) is 9.59 Å². The van der Waals surface area contributed by atoms with Crippen LogP contribution in [0.5, 0.6) is 0 Å². The number of guanidine groups is 1. The van der Waals surface area contributed by atoms with Gasteiger partial charge in [-0.1, -0.05) is 36.8 Å². The lowest BCUT2D eigenvalue weighted by molar-refractivity contribution is -0.140. The maximum atomic E-state index is 12.3. The number of aryl methyl sites for hydroxylation is 2. The second kappa shape index (κ2) is 10.0. The number of amides is 2.